The Morgan fingerprint density at radius 1 is 0.885 bits per heavy atom. The quantitative estimate of drug-likeness (QED) is 0.478. The van der Waals surface area contributed by atoms with Gasteiger partial charge in [-0.3, -0.25) is 0 Å². The summed E-state index contributed by atoms with van der Waals surface area (Å²) in [6, 6.07) is 22.5. The number of hydrogen-bond donors (Lipinski definition) is 0. The molecule has 0 fully saturated rings. The molecule has 4 aromatic rings. The lowest BCUT2D eigenvalue weighted by Crippen LogP contribution is -2.05. The first-order chi connectivity index (χ1) is 12.8. The lowest BCUT2D eigenvalue weighted by atomic mass is 10.0. The molecular weight excluding hydrogens is 330 g/mol. The van der Waals surface area contributed by atoms with Crippen molar-refractivity contribution in [2.45, 2.75) is 6.61 Å². The third kappa shape index (κ3) is 3.42. The third-order valence-corrected chi connectivity index (χ3v) is 3.90. The van der Waals surface area contributed by atoms with E-state index in [0.717, 1.165) is 11.1 Å². The normalized spacial score (nSPS) is 10.6. The minimum Gasteiger partial charge on any atom is -0.461 e. The maximum Gasteiger partial charge on any atom is 0.338 e. The number of hydrogen-bond acceptors (Lipinski definition) is 5. The second kappa shape index (κ2) is 7.11. The van der Waals surface area contributed by atoms with Crippen molar-refractivity contribution in [1.82, 2.24) is 5.16 Å². The fraction of sp³-hybridized carbons (Fsp3) is 0.0476. The molecule has 0 aliphatic heterocycles. The second-order valence-corrected chi connectivity index (χ2v) is 5.68. The standard InChI is InChI=1S/C21H15NO4/c23-21(17-10-8-16(9-11-17)15-5-2-1-3-6-15)25-14-18-13-20(26-22-18)19-7-4-12-24-19/h1-13H,14H2. The van der Waals surface area contributed by atoms with Gasteiger partial charge in [0.05, 0.1) is 11.8 Å². The van der Waals surface area contributed by atoms with E-state index in [-0.39, 0.29) is 6.61 Å². The number of aromatic nitrogens is 1. The summed E-state index contributed by atoms with van der Waals surface area (Å²) in [5, 5.41) is 3.88. The first kappa shape index (κ1) is 15.9. The van der Waals surface area contributed by atoms with Crippen molar-refractivity contribution in [3.8, 4) is 22.6 Å². The van der Waals surface area contributed by atoms with Crippen molar-refractivity contribution in [2.75, 3.05) is 0 Å². The minimum atomic E-state index is -0.410. The van der Waals surface area contributed by atoms with Gasteiger partial charge in [-0.15, -0.1) is 0 Å². The molecule has 5 heteroatoms. The van der Waals surface area contributed by atoms with E-state index in [1.165, 1.54) is 0 Å². The summed E-state index contributed by atoms with van der Waals surface area (Å²) in [5.74, 6) is 0.659. The molecule has 0 radical (unpaired) electrons. The Bertz CT molecular complexity index is 986. The molecule has 0 saturated carbocycles. The number of esters is 1. The van der Waals surface area contributed by atoms with E-state index < -0.39 is 5.97 Å². The Morgan fingerprint density at radius 3 is 2.38 bits per heavy atom. The minimum absolute atomic E-state index is 0.0312. The number of ether oxygens (including phenoxy) is 1. The van der Waals surface area contributed by atoms with E-state index in [4.69, 9.17) is 13.7 Å². The molecule has 0 aliphatic rings. The van der Waals surface area contributed by atoms with E-state index in [1.807, 2.05) is 42.5 Å². The van der Waals surface area contributed by atoms with Crippen LogP contribution >= 0.6 is 0 Å². The lowest BCUT2D eigenvalue weighted by molar-refractivity contribution is 0.0464. The van der Waals surface area contributed by atoms with Crippen molar-refractivity contribution < 1.29 is 18.5 Å². The van der Waals surface area contributed by atoms with Crippen molar-refractivity contribution in [1.29, 1.82) is 0 Å². The molecule has 2 aromatic heterocycles. The first-order valence-electron chi connectivity index (χ1n) is 8.12. The van der Waals surface area contributed by atoms with E-state index in [1.54, 1.807) is 36.6 Å². The van der Waals surface area contributed by atoms with Gasteiger partial charge in [-0.05, 0) is 35.4 Å². The van der Waals surface area contributed by atoms with Crippen LogP contribution < -0.4 is 0 Å². The zero-order valence-corrected chi connectivity index (χ0v) is 13.8. The molecule has 4 rings (SSSR count). The molecule has 0 N–H and O–H groups in total. The van der Waals surface area contributed by atoms with Gasteiger partial charge in [0.2, 0.25) is 5.76 Å². The second-order valence-electron chi connectivity index (χ2n) is 5.68. The summed E-state index contributed by atoms with van der Waals surface area (Å²) in [6.45, 7) is 0.0312. The smallest absolute Gasteiger partial charge is 0.338 e. The van der Waals surface area contributed by atoms with Gasteiger partial charge in [0, 0.05) is 6.07 Å². The number of nitrogens with zero attached hydrogens (tertiary/aromatic N) is 1. The van der Waals surface area contributed by atoms with Crippen LogP contribution in [-0.2, 0) is 11.3 Å². The number of carbonyl (C=O) groups is 1. The van der Waals surface area contributed by atoms with Gasteiger partial charge < -0.3 is 13.7 Å². The Labute approximate surface area is 149 Å². The van der Waals surface area contributed by atoms with Crippen molar-refractivity contribution in [2.24, 2.45) is 0 Å². The van der Waals surface area contributed by atoms with Crippen molar-refractivity contribution >= 4 is 5.97 Å². The number of furan rings is 1. The maximum absolute atomic E-state index is 12.2. The number of benzene rings is 2. The van der Waals surface area contributed by atoms with Crippen molar-refractivity contribution in [3.05, 3.63) is 90.3 Å². The number of carbonyl (C=O) groups excluding carboxylic acids is 1. The van der Waals surface area contributed by atoms with Gasteiger partial charge >= 0.3 is 5.97 Å². The summed E-state index contributed by atoms with van der Waals surface area (Å²) in [5.41, 5.74) is 3.15. The molecule has 128 valence electrons. The predicted octanol–water partition coefficient (Wildman–Crippen LogP) is 4.96. The molecule has 0 saturated heterocycles. The summed E-state index contributed by atoms with van der Waals surface area (Å²) < 4.78 is 15.7. The van der Waals surface area contributed by atoms with Crippen LogP contribution in [0.3, 0.4) is 0 Å². The highest BCUT2D eigenvalue weighted by Crippen LogP contribution is 2.22. The molecule has 5 nitrogen and oxygen atoms in total. The van der Waals surface area contributed by atoms with Crippen LogP contribution in [0.5, 0.6) is 0 Å². The summed E-state index contributed by atoms with van der Waals surface area (Å²) >= 11 is 0. The summed E-state index contributed by atoms with van der Waals surface area (Å²) in [6.07, 6.45) is 1.55. The van der Waals surface area contributed by atoms with Gasteiger partial charge in [-0.25, -0.2) is 4.79 Å². The topological polar surface area (TPSA) is 65.5 Å². The molecule has 0 spiro atoms. The Kier molecular flexibility index (Phi) is 4.35. The van der Waals surface area contributed by atoms with Gasteiger partial charge in [0.25, 0.3) is 0 Å². The molecular formula is C21H15NO4. The Balaban J connectivity index is 1.39. The van der Waals surface area contributed by atoms with Gasteiger partial charge in [-0.2, -0.15) is 0 Å². The zero-order chi connectivity index (χ0) is 17.8. The molecule has 0 aliphatic carbocycles. The van der Waals surface area contributed by atoms with E-state index in [9.17, 15) is 4.79 Å². The predicted molar refractivity (Wildman–Crippen MR) is 95.2 cm³/mol. The van der Waals surface area contributed by atoms with Crippen LogP contribution in [-0.4, -0.2) is 11.1 Å². The highest BCUT2D eigenvalue weighted by molar-refractivity contribution is 5.90. The van der Waals surface area contributed by atoms with Crippen LogP contribution in [0.1, 0.15) is 16.1 Å². The molecule has 2 heterocycles. The van der Waals surface area contributed by atoms with Gasteiger partial charge in [0.1, 0.15) is 12.3 Å². The first-order valence-corrected chi connectivity index (χ1v) is 8.12. The maximum atomic E-state index is 12.2. The summed E-state index contributed by atoms with van der Waals surface area (Å²) in [4.78, 5) is 12.2. The molecule has 0 unspecified atom stereocenters. The number of rotatable bonds is 5. The average molecular weight is 345 g/mol. The van der Waals surface area contributed by atoms with E-state index in [0.29, 0.717) is 22.8 Å². The average Bonchev–Trinajstić information content (AvgIpc) is 3.38. The van der Waals surface area contributed by atoms with Crippen LogP contribution in [0.4, 0.5) is 0 Å². The van der Waals surface area contributed by atoms with Crippen LogP contribution in [0.2, 0.25) is 0 Å². The Hall–Kier alpha value is -3.60. The molecule has 26 heavy (non-hydrogen) atoms. The van der Waals surface area contributed by atoms with Crippen LogP contribution in [0, 0.1) is 0 Å². The van der Waals surface area contributed by atoms with E-state index >= 15 is 0 Å². The van der Waals surface area contributed by atoms with Crippen LogP contribution in [0.15, 0.2) is 88.0 Å². The molecule has 0 amide bonds. The van der Waals surface area contributed by atoms with E-state index in [2.05, 4.69) is 5.16 Å². The summed E-state index contributed by atoms with van der Waals surface area (Å²) in [7, 11) is 0. The van der Waals surface area contributed by atoms with Crippen molar-refractivity contribution in [3.63, 3.8) is 0 Å². The van der Waals surface area contributed by atoms with Crippen LogP contribution in [0.25, 0.3) is 22.6 Å². The molecule has 0 bridgehead atoms. The fourth-order valence-electron chi connectivity index (χ4n) is 2.57. The fourth-order valence-corrected chi connectivity index (χ4v) is 2.57. The van der Waals surface area contributed by atoms with Gasteiger partial charge in [-0.1, -0.05) is 47.6 Å². The highest BCUT2D eigenvalue weighted by Gasteiger charge is 2.12. The zero-order valence-electron chi connectivity index (χ0n) is 13.8. The lowest BCUT2D eigenvalue weighted by Gasteiger charge is -2.05. The SMILES string of the molecule is O=C(OCc1cc(-c2ccco2)on1)c1ccc(-c2ccccc2)cc1. The highest BCUT2D eigenvalue weighted by atomic mass is 16.5. The van der Waals surface area contributed by atoms with Gasteiger partial charge in [0.15, 0.2) is 5.76 Å². The monoisotopic (exact) mass is 345 g/mol. The Morgan fingerprint density at radius 2 is 1.65 bits per heavy atom. The molecule has 2 aromatic carbocycles. The molecule has 0 atom stereocenters. The largest absolute Gasteiger partial charge is 0.461 e. The third-order valence-electron chi connectivity index (χ3n) is 3.90.